The summed E-state index contributed by atoms with van der Waals surface area (Å²) in [5.41, 5.74) is 0. The van der Waals surface area contributed by atoms with Crippen LogP contribution in [0.25, 0.3) is 0 Å². The van der Waals surface area contributed by atoms with Crippen LogP contribution in [-0.4, -0.2) is 23.0 Å². The molecule has 0 aliphatic heterocycles. The summed E-state index contributed by atoms with van der Waals surface area (Å²) >= 11 is 0. The molecule has 0 spiro atoms. The molecule has 0 aromatic carbocycles. The number of hydrogen-bond donors (Lipinski definition) is 0. The molecule has 0 fully saturated rings. The third kappa shape index (κ3) is 100. The molecule has 0 bridgehead atoms. The van der Waals surface area contributed by atoms with E-state index in [9.17, 15) is 0 Å². The van der Waals surface area contributed by atoms with Crippen molar-refractivity contribution in [2.75, 3.05) is 0 Å². The Bertz CT molecular complexity index is 95.6. The normalized spacial score (nSPS) is 7.25. The van der Waals surface area contributed by atoms with Crippen LogP contribution in [0.3, 0.4) is 0 Å². The van der Waals surface area contributed by atoms with E-state index >= 15 is 0 Å². The van der Waals surface area contributed by atoms with Crippen LogP contribution in [0.4, 0.5) is 0 Å². The van der Waals surface area contributed by atoms with Gasteiger partial charge in [-0.2, -0.15) is 0 Å². The largest absolute Gasteiger partial charge is 2.00 e. The second kappa shape index (κ2) is 8.96. The molecule has 0 saturated heterocycles. The maximum absolute atomic E-state index is 8.52. The second-order valence-corrected chi connectivity index (χ2v) is 1.22. The van der Waals surface area contributed by atoms with Crippen LogP contribution in [0.1, 0.15) is 0 Å². The van der Waals surface area contributed by atoms with Gasteiger partial charge in [-0.15, -0.1) is 0 Å². The van der Waals surface area contributed by atoms with Crippen molar-refractivity contribution in [3.05, 3.63) is 0 Å². The first kappa shape index (κ1) is 22.5. The molecule has 0 rings (SSSR count). The van der Waals surface area contributed by atoms with Crippen LogP contribution in [0.5, 0.6) is 0 Å². The minimum absolute atomic E-state index is 0. The van der Waals surface area contributed by atoms with Crippen LogP contribution in [0, 0.1) is 0 Å². The van der Waals surface area contributed by atoms with Gasteiger partial charge in [-0.1, -0.05) is 0 Å². The third-order valence-electron chi connectivity index (χ3n) is 0. The summed E-state index contributed by atoms with van der Waals surface area (Å²) in [7, 11) is -5.17. The van der Waals surface area contributed by atoms with Crippen molar-refractivity contribution in [2.45, 2.75) is 0 Å². The summed E-state index contributed by atoms with van der Waals surface area (Å²) in [4.78, 5) is 0. The molecule has 2 N–H and O–H groups in total. The van der Waals surface area contributed by atoms with Crippen molar-refractivity contribution in [3.8, 4) is 0 Å². The molecular formula is H2KNiO5S+. The van der Waals surface area contributed by atoms with Crippen LogP contribution in [-0.2, 0) is 26.9 Å². The predicted octanol–water partition coefficient (Wildman–Crippen LogP) is -5.16. The molecule has 0 aromatic heterocycles. The molecule has 0 heterocycles. The first-order valence-electron chi connectivity index (χ1n) is 0.667. The molecule has 0 saturated carbocycles. The quantitative estimate of drug-likeness (QED) is 0.227. The average molecular weight is 212 g/mol. The Kier molecular flexibility index (Phi) is 25.2. The Hall–Kier alpha value is 1.96. The Morgan fingerprint density at radius 1 is 1.12 bits per heavy atom. The van der Waals surface area contributed by atoms with Gasteiger partial charge in [0.15, 0.2) is 0 Å². The van der Waals surface area contributed by atoms with E-state index in [0.717, 1.165) is 0 Å². The summed E-state index contributed by atoms with van der Waals surface area (Å²) in [5, 5.41) is 0. The van der Waals surface area contributed by atoms with Gasteiger partial charge in [-0.05, 0) is 0 Å². The zero-order chi connectivity index (χ0) is 4.50. The standard InChI is InChI=1S/K.Ni.H2O4S.H2O/c;;1-5(2,3)4;/h;;(H2,1,2,3,4);1H2/q+1;+2;;/p-2. The summed E-state index contributed by atoms with van der Waals surface area (Å²) in [6, 6.07) is 0. The predicted molar refractivity (Wildman–Crippen MR) is 14.1 cm³/mol. The van der Waals surface area contributed by atoms with E-state index in [1.165, 1.54) is 0 Å². The Morgan fingerprint density at radius 2 is 1.12 bits per heavy atom. The van der Waals surface area contributed by atoms with Crippen molar-refractivity contribution in [2.24, 2.45) is 0 Å². The van der Waals surface area contributed by atoms with Gasteiger partial charge in [-0.25, -0.2) is 0 Å². The summed E-state index contributed by atoms with van der Waals surface area (Å²) < 4.78 is 34.1. The van der Waals surface area contributed by atoms with Gasteiger partial charge in [0.25, 0.3) is 0 Å². The zero-order valence-corrected chi connectivity index (χ0v) is 8.78. The molecule has 8 heavy (non-hydrogen) atoms. The fraction of sp³-hybridized carbons (Fsp3) is 0. The van der Waals surface area contributed by atoms with Crippen molar-refractivity contribution in [1.82, 2.24) is 0 Å². The van der Waals surface area contributed by atoms with E-state index in [0.29, 0.717) is 0 Å². The second-order valence-electron chi connectivity index (χ2n) is 0.408. The third-order valence-corrected chi connectivity index (χ3v) is 0. The fourth-order valence-corrected chi connectivity index (χ4v) is 0. The maximum atomic E-state index is 8.52. The molecule has 0 aliphatic carbocycles. The van der Waals surface area contributed by atoms with Gasteiger partial charge in [0.1, 0.15) is 0 Å². The fourth-order valence-electron chi connectivity index (χ4n) is 0. The van der Waals surface area contributed by atoms with Crippen molar-refractivity contribution < 1.29 is 90.9 Å². The molecule has 0 aromatic rings. The van der Waals surface area contributed by atoms with Gasteiger partial charge in [0.2, 0.25) is 0 Å². The monoisotopic (exact) mass is 211 g/mol. The Labute approximate surface area is 99.5 Å². The molecule has 0 atom stereocenters. The first-order chi connectivity index (χ1) is 2.00. The maximum Gasteiger partial charge on any atom is 2.00 e. The van der Waals surface area contributed by atoms with Gasteiger partial charge < -0.3 is 14.6 Å². The molecule has 5 nitrogen and oxygen atoms in total. The molecule has 48 valence electrons. The summed E-state index contributed by atoms with van der Waals surface area (Å²) in [5.74, 6) is 0. The van der Waals surface area contributed by atoms with E-state index in [1.807, 2.05) is 0 Å². The van der Waals surface area contributed by atoms with Crippen LogP contribution < -0.4 is 51.4 Å². The van der Waals surface area contributed by atoms with Crippen molar-refractivity contribution >= 4 is 10.4 Å². The minimum atomic E-state index is -5.17. The molecule has 0 unspecified atom stereocenters. The van der Waals surface area contributed by atoms with Gasteiger partial charge >= 0.3 is 67.9 Å². The van der Waals surface area contributed by atoms with Crippen LogP contribution >= 0.6 is 0 Å². The van der Waals surface area contributed by atoms with Crippen molar-refractivity contribution in [3.63, 3.8) is 0 Å². The van der Waals surface area contributed by atoms with Crippen LogP contribution in [0.2, 0.25) is 0 Å². The van der Waals surface area contributed by atoms with Gasteiger partial charge in [-0.3, -0.25) is 8.42 Å². The minimum Gasteiger partial charge on any atom is -0.759 e. The van der Waals surface area contributed by atoms with Crippen LogP contribution in [0.15, 0.2) is 0 Å². The Balaban J connectivity index is -0.0000000267. The van der Waals surface area contributed by atoms with Gasteiger partial charge in [0, 0.05) is 10.4 Å². The molecule has 0 radical (unpaired) electrons. The first-order valence-corrected chi connectivity index (χ1v) is 2.00. The molecule has 0 amide bonds. The van der Waals surface area contributed by atoms with E-state index < -0.39 is 10.4 Å². The number of rotatable bonds is 0. The number of hydrogen-bond acceptors (Lipinski definition) is 4. The summed E-state index contributed by atoms with van der Waals surface area (Å²) in [6.07, 6.45) is 0. The zero-order valence-electron chi connectivity index (χ0n) is 3.86. The molecule has 8 heteroatoms. The average Bonchev–Trinajstić information content (AvgIpc) is 0.722. The SMILES string of the molecule is O.O=S(=O)([O-])[O-].[K+].[Ni+2]. The topological polar surface area (TPSA) is 112 Å². The molecule has 0 aliphatic rings. The smallest absolute Gasteiger partial charge is 0.759 e. The van der Waals surface area contributed by atoms with Crippen molar-refractivity contribution in [1.29, 1.82) is 0 Å². The van der Waals surface area contributed by atoms with Gasteiger partial charge in [0.05, 0.1) is 0 Å². The molecular weight excluding hydrogens is 210 g/mol. The van der Waals surface area contributed by atoms with E-state index in [1.54, 1.807) is 0 Å². The van der Waals surface area contributed by atoms with E-state index in [-0.39, 0.29) is 73.4 Å². The van der Waals surface area contributed by atoms with E-state index in [2.05, 4.69) is 0 Å². The summed E-state index contributed by atoms with van der Waals surface area (Å²) in [6.45, 7) is 0. The Morgan fingerprint density at radius 3 is 1.12 bits per heavy atom. The van der Waals surface area contributed by atoms with E-state index in [4.69, 9.17) is 17.5 Å².